The van der Waals surface area contributed by atoms with E-state index < -0.39 is 11.8 Å². The highest BCUT2D eigenvalue weighted by Crippen LogP contribution is 2.20. The van der Waals surface area contributed by atoms with Gasteiger partial charge in [-0.15, -0.1) is 0 Å². The maximum Gasteiger partial charge on any atom is 0.337 e. The van der Waals surface area contributed by atoms with E-state index in [-0.39, 0.29) is 17.8 Å². The van der Waals surface area contributed by atoms with E-state index in [2.05, 4.69) is 10.4 Å². The second-order valence-corrected chi connectivity index (χ2v) is 3.80. The monoisotopic (exact) mass is 249 g/mol. The number of aromatic carboxylic acids is 1. The first-order valence-corrected chi connectivity index (χ1v) is 5.32. The number of rotatable bonds is 4. The van der Waals surface area contributed by atoms with Gasteiger partial charge in [-0.05, 0) is 18.2 Å². The first-order chi connectivity index (χ1) is 8.58. The second-order valence-electron chi connectivity index (χ2n) is 3.80. The number of carboxylic acid groups (broad SMARTS) is 1. The highest BCUT2D eigenvalue weighted by atomic mass is 19.1. The molecule has 0 saturated heterocycles. The zero-order valence-corrected chi connectivity index (χ0v) is 9.72. The van der Waals surface area contributed by atoms with Crippen LogP contribution in [0, 0.1) is 5.82 Å². The van der Waals surface area contributed by atoms with Gasteiger partial charge in [0.2, 0.25) is 0 Å². The van der Waals surface area contributed by atoms with Crippen molar-refractivity contribution in [1.82, 2.24) is 9.78 Å². The minimum atomic E-state index is -1.17. The average Bonchev–Trinajstić information content (AvgIpc) is 2.73. The van der Waals surface area contributed by atoms with Gasteiger partial charge in [-0.25, -0.2) is 9.18 Å². The van der Waals surface area contributed by atoms with Crippen molar-refractivity contribution in [3.63, 3.8) is 0 Å². The first kappa shape index (κ1) is 12.1. The molecule has 0 radical (unpaired) electrons. The fraction of sp³-hybridized carbons (Fsp3) is 0.167. The molecule has 0 aliphatic rings. The van der Waals surface area contributed by atoms with Gasteiger partial charge in [-0.2, -0.15) is 5.10 Å². The predicted molar refractivity (Wildman–Crippen MR) is 63.9 cm³/mol. The summed E-state index contributed by atoms with van der Waals surface area (Å²) < 4.78 is 15.2. The summed E-state index contributed by atoms with van der Waals surface area (Å²) in [5.74, 6) is -1.76. The predicted octanol–water partition coefficient (Wildman–Crippen LogP) is 1.87. The number of nitrogens with one attached hydrogen (secondary N) is 1. The van der Waals surface area contributed by atoms with Gasteiger partial charge in [0.25, 0.3) is 0 Å². The van der Waals surface area contributed by atoms with Gasteiger partial charge in [0, 0.05) is 13.2 Å². The summed E-state index contributed by atoms with van der Waals surface area (Å²) in [6.07, 6.45) is 1.76. The lowest BCUT2D eigenvalue weighted by Gasteiger charge is -2.09. The molecule has 0 unspecified atom stereocenters. The summed E-state index contributed by atoms with van der Waals surface area (Å²) in [5.41, 5.74) is 0.596. The third-order valence-electron chi connectivity index (χ3n) is 2.46. The Kier molecular flexibility index (Phi) is 3.27. The lowest BCUT2D eigenvalue weighted by atomic mass is 10.1. The molecule has 1 aromatic heterocycles. The Morgan fingerprint density at radius 2 is 2.28 bits per heavy atom. The number of hydrogen-bond acceptors (Lipinski definition) is 3. The zero-order chi connectivity index (χ0) is 13.1. The molecule has 0 atom stereocenters. The number of carboxylic acids is 1. The molecule has 0 saturated carbocycles. The molecule has 0 aliphatic heterocycles. The molecule has 1 heterocycles. The average molecular weight is 249 g/mol. The summed E-state index contributed by atoms with van der Waals surface area (Å²) in [5, 5.41) is 15.8. The number of halogens is 1. The molecule has 0 spiro atoms. The number of anilines is 1. The van der Waals surface area contributed by atoms with Crippen LogP contribution in [0.3, 0.4) is 0 Å². The maximum absolute atomic E-state index is 13.6. The molecule has 94 valence electrons. The first-order valence-electron chi connectivity index (χ1n) is 5.32. The Bertz CT molecular complexity index is 580. The molecule has 18 heavy (non-hydrogen) atoms. The topological polar surface area (TPSA) is 67.2 Å². The molecule has 0 fully saturated rings. The van der Waals surface area contributed by atoms with Crippen molar-refractivity contribution in [2.75, 3.05) is 5.32 Å². The molecular formula is C12H12FN3O2. The Balaban J connectivity index is 2.20. The van der Waals surface area contributed by atoms with Crippen molar-refractivity contribution in [3.8, 4) is 0 Å². The van der Waals surface area contributed by atoms with Crippen LogP contribution in [0.1, 0.15) is 16.1 Å². The number of hydrogen-bond donors (Lipinski definition) is 2. The van der Waals surface area contributed by atoms with Gasteiger partial charge in [0.1, 0.15) is 5.82 Å². The minimum absolute atomic E-state index is 0.0179. The zero-order valence-electron chi connectivity index (χ0n) is 9.72. The van der Waals surface area contributed by atoms with Gasteiger partial charge in [-0.3, -0.25) is 4.68 Å². The number of aryl methyl sites for hydroxylation is 1. The van der Waals surface area contributed by atoms with Crippen LogP contribution in [0.2, 0.25) is 0 Å². The van der Waals surface area contributed by atoms with E-state index >= 15 is 0 Å². The molecule has 2 N–H and O–H groups in total. The molecular weight excluding hydrogens is 237 g/mol. The molecule has 5 nitrogen and oxygen atoms in total. The summed E-state index contributed by atoms with van der Waals surface area (Å²) in [6, 6.07) is 5.71. The number of benzene rings is 1. The van der Waals surface area contributed by atoms with E-state index in [1.54, 1.807) is 24.0 Å². The minimum Gasteiger partial charge on any atom is -0.478 e. The van der Waals surface area contributed by atoms with Crippen molar-refractivity contribution in [2.24, 2.45) is 7.05 Å². The number of nitrogens with zero attached hydrogens (tertiary/aromatic N) is 2. The van der Waals surface area contributed by atoms with Crippen molar-refractivity contribution in [2.45, 2.75) is 6.54 Å². The van der Waals surface area contributed by atoms with Crippen molar-refractivity contribution >= 4 is 11.7 Å². The van der Waals surface area contributed by atoms with Crippen LogP contribution in [-0.4, -0.2) is 20.9 Å². The van der Waals surface area contributed by atoms with Crippen LogP contribution in [0.5, 0.6) is 0 Å². The van der Waals surface area contributed by atoms with Crippen LogP contribution in [0.4, 0.5) is 10.1 Å². The van der Waals surface area contributed by atoms with E-state index in [1.165, 1.54) is 18.2 Å². The summed E-state index contributed by atoms with van der Waals surface area (Å²) >= 11 is 0. The highest BCUT2D eigenvalue weighted by Gasteiger charge is 2.13. The van der Waals surface area contributed by atoms with Crippen LogP contribution in [-0.2, 0) is 13.6 Å². The number of para-hydroxylation sites is 1. The van der Waals surface area contributed by atoms with Crippen LogP contribution in [0.15, 0.2) is 30.5 Å². The SMILES string of the molecule is Cn1ccc(CNc2c(F)cccc2C(=O)O)n1. The molecule has 2 rings (SSSR count). The largest absolute Gasteiger partial charge is 0.478 e. The Hall–Kier alpha value is -2.37. The summed E-state index contributed by atoms with van der Waals surface area (Å²) in [4.78, 5) is 11.0. The number of carbonyl (C=O) groups is 1. The quantitative estimate of drug-likeness (QED) is 0.868. The van der Waals surface area contributed by atoms with Crippen molar-refractivity contribution < 1.29 is 14.3 Å². The van der Waals surface area contributed by atoms with Gasteiger partial charge in [0.15, 0.2) is 0 Å². The van der Waals surface area contributed by atoms with Crippen molar-refractivity contribution in [3.05, 3.63) is 47.5 Å². The normalized spacial score (nSPS) is 10.3. The van der Waals surface area contributed by atoms with Gasteiger partial charge in [-0.1, -0.05) is 6.07 Å². The second kappa shape index (κ2) is 4.87. The van der Waals surface area contributed by atoms with E-state index in [0.29, 0.717) is 5.69 Å². The Labute approximate surface area is 103 Å². The van der Waals surface area contributed by atoms with Crippen LogP contribution in [0.25, 0.3) is 0 Å². The molecule has 0 aliphatic carbocycles. The number of aromatic nitrogens is 2. The molecule has 6 heteroatoms. The van der Waals surface area contributed by atoms with E-state index in [1.807, 2.05) is 0 Å². The van der Waals surface area contributed by atoms with Gasteiger partial charge < -0.3 is 10.4 Å². The third-order valence-corrected chi connectivity index (χ3v) is 2.46. The summed E-state index contributed by atoms with van der Waals surface area (Å²) in [6.45, 7) is 0.266. The Morgan fingerprint density at radius 1 is 1.50 bits per heavy atom. The van der Waals surface area contributed by atoms with Crippen LogP contribution >= 0.6 is 0 Å². The van der Waals surface area contributed by atoms with E-state index in [9.17, 15) is 9.18 Å². The van der Waals surface area contributed by atoms with Crippen molar-refractivity contribution in [1.29, 1.82) is 0 Å². The van der Waals surface area contributed by atoms with Gasteiger partial charge in [0.05, 0.1) is 23.5 Å². The molecule has 0 amide bonds. The smallest absolute Gasteiger partial charge is 0.337 e. The fourth-order valence-corrected chi connectivity index (χ4v) is 1.62. The molecule has 1 aromatic carbocycles. The molecule has 0 bridgehead atoms. The fourth-order valence-electron chi connectivity index (χ4n) is 1.62. The molecule has 2 aromatic rings. The highest BCUT2D eigenvalue weighted by molar-refractivity contribution is 5.94. The third kappa shape index (κ3) is 2.48. The van der Waals surface area contributed by atoms with E-state index in [0.717, 1.165) is 0 Å². The van der Waals surface area contributed by atoms with Gasteiger partial charge >= 0.3 is 5.97 Å². The lowest BCUT2D eigenvalue weighted by Crippen LogP contribution is -2.09. The lowest BCUT2D eigenvalue weighted by molar-refractivity contribution is 0.0697. The maximum atomic E-state index is 13.6. The van der Waals surface area contributed by atoms with E-state index in [4.69, 9.17) is 5.11 Å². The van der Waals surface area contributed by atoms with Crippen LogP contribution < -0.4 is 5.32 Å². The Morgan fingerprint density at radius 3 is 2.89 bits per heavy atom. The standard InChI is InChI=1S/C12H12FN3O2/c1-16-6-5-8(15-16)7-14-11-9(12(17)18)3-2-4-10(11)13/h2-6,14H,7H2,1H3,(H,17,18). The summed E-state index contributed by atoms with van der Waals surface area (Å²) in [7, 11) is 1.77.